The summed E-state index contributed by atoms with van der Waals surface area (Å²) in [5.41, 5.74) is 2.36. The predicted molar refractivity (Wildman–Crippen MR) is 84.5 cm³/mol. The van der Waals surface area contributed by atoms with E-state index in [9.17, 15) is 0 Å². The summed E-state index contributed by atoms with van der Waals surface area (Å²) >= 11 is 6.75. The van der Waals surface area contributed by atoms with Gasteiger partial charge in [-0.2, -0.15) is 0 Å². The van der Waals surface area contributed by atoms with Gasteiger partial charge >= 0.3 is 0 Å². The molecule has 0 radical (unpaired) electrons. The monoisotopic (exact) mass is 399 g/mol. The van der Waals surface area contributed by atoms with E-state index in [1.165, 1.54) is 5.56 Å². The Hall–Kier alpha value is -0.720. The van der Waals surface area contributed by atoms with Gasteiger partial charge in [-0.15, -0.1) is 0 Å². The molecule has 1 aliphatic carbocycles. The Balaban J connectivity index is 1.96. The van der Waals surface area contributed by atoms with Crippen LogP contribution in [0.2, 0.25) is 0 Å². The number of hydrogen-bond donors (Lipinski definition) is 1. The first kappa shape index (κ1) is 14.2. The fourth-order valence-corrected chi connectivity index (χ4v) is 3.16. The van der Waals surface area contributed by atoms with E-state index < -0.39 is 0 Å². The molecule has 106 valence electrons. The lowest BCUT2D eigenvalue weighted by molar-refractivity contribution is 0.463. The van der Waals surface area contributed by atoms with E-state index in [2.05, 4.69) is 54.1 Å². The highest BCUT2D eigenvalue weighted by molar-refractivity contribution is 9.13. The molecule has 20 heavy (non-hydrogen) atoms. The summed E-state index contributed by atoms with van der Waals surface area (Å²) in [6.07, 6.45) is 5.26. The fourth-order valence-electron chi connectivity index (χ4n) is 2.58. The summed E-state index contributed by atoms with van der Waals surface area (Å²) in [5, 5.41) is 3.49. The summed E-state index contributed by atoms with van der Waals surface area (Å²) in [6.45, 7) is 3.09. The van der Waals surface area contributed by atoms with Gasteiger partial charge in [0.15, 0.2) is 16.3 Å². The minimum atomic E-state index is 0.382. The largest absolute Gasteiger partial charge is 0.445 e. The highest BCUT2D eigenvalue weighted by Crippen LogP contribution is 2.33. The Morgan fingerprint density at radius 3 is 3.00 bits per heavy atom. The smallest absolute Gasteiger partial charge is 0.195 e. The van der Waals surface area contributed by atoms with Gasteiger partial charge in [-0.1, -0.05) is 6.92 Å². The number of aromatic nitrogens is 2. The van der Waals surface area contributed by atoms with Crippen LogP contribution in [-0.4, -0.2) is 16.5 Å². The van der Waals surface area contributed by atoms with Gasteiger partial charge in [-0.05, 0) is 57.7 Å². The molecule has 0 aliphatic heterocycles. The van der Waals surface area contributed by atoms with Crippen LogP contribution in [0.4, 0.5) is 0 Å². The third-order valence-corrected chi connectivity index (χ3v) is 5.21. The van der Waals surface area contributed by atoms with Gasteiger partial charge in [0.05, 0.1) is 4.47 Å². The molecule has 0 aromatic carbocycles. The molecule has 1 aliphatic rings. The lowest BCUT2D eigenvalue weighted by atomic mass is 9.92. The predicted octanol–water partition coefficient (Wildman–Crippen LogP) is 4.25. The van der Waals surface area contributed by atoms with Crippen molar-refractivity contribution in [2.45, 2.75) is 32.2 Å². The van der Waals surface area contributed by atoms with Crippen LogP contribution in [0.25, 0.3) is 11.6 Å². The van der Waals surface area contributed by atoms with Crippen LogP contribution in [0.15, 0.2) is 25.8 Å². The molecular formula is C14H15Br2N3O. The second kappa shape index (κ2) is 5.95. The molecule has 2 aromatic heterocycles. The highest BCUT2D eigenvalue weighted by Gasteiger charge is 2.22. The molecule has 1 atom stereocenters. The summed E-state index contributed by atoms with van der Waals surface area (Å²) in [6, 6.07) is 2.27. The average molecular weight is 401 g/mol. The number of aryl methyl sites for hydroxylation is 1. The molecule has 1 unspecified atom stereocenters. The standard InChI is InChI=1S/C14H15Br2N3O/c1-2-17-10-4-3-5-11-8(10)7-18-14(19-11)12-6-9(15)13(16)20-12/h6-7,10,17H,2-5H2,1H3. The van der Waals surface area contributed by atoms with Gasteiger partial charge in [0.2, 0.25) is 0 Å². The van der Waals surface area contributed by atoms with Gasteiger partial charge in [0.1, 0.15) is 0 Å². The first-order valence-electron chi connectivity index (χ1n) is 6.73. The van der Waals surface area contributed by atoms with Crippen molar-refractivity contribution in [3.63, 3.8) is 0 Å². The van der Waals surface area contributed by atoms with Crippen LogP contribution in [0.3, 0.4) is 0 Å². The van der Waals surface area contributed by atoms with Crippen LogP contribution >= 0.6 is 31.9 Å². The average Bonchev–Trinajstić information content (AvgIpc) is 2.79. The van der Waals surface area contributed by atoms with Crippen molar-refractivity contribution in [2.24, 2.45) is 0 Å². The van der Waals surface area contributed by atoms with Crippen molar-refractivity contribution >= 4 is 31.9 Å². The second-order valence-corrected chi connectivity index (χ2v) is 6.41. The highest BCUT2D eigenvalue weighted by atomic mass is 79.9. The molecule has 0 spiro atoms. The summed E-state index contributed by atoms with van der Waals surface area (Å²) < 4.78 is 7.14. The molecule has 2 heterocycles. The minimum Gasteiger partial charge on any atom is -0.445 e. The van der Waals surface area contributed by atoms with E-state index in [0.717, 1.165) is 36.0 Å². The molecular weight excluding hydrogens is 386 g/mol. The zero-order valence-electron chi connectivity index (χ0n) is 11.1. The van der Waals surface area contributed by atoms with Crippen molar-refractivity contribution < 1.29 is 4.42 Å². The van der Waals surface area contributed by atoms with E-state index in [1.54, 1.807) is 0 Å². The molecule has 1 N–H and O–H groups in total. The van der Waals surface area contributed by atoms with E-state index >= 15 is 0 Å². The number of hydrogen-bond acceptors (Lipinski definition) is 4. The van der Waals surface area contributed by atoms with Crippen LogP contribution in [-0.2, 0) is 6.42 Å². The normalized spacial score (nSPS) is 18.1. The number of rotatable bonds is 3. The number of nitrogens with one attached hydrogen (secondary N) is 1. The van der Waals surface area contributed by atoms with Gasteiger partial charge < -0.3 is 9.73 Å². The summed E-state index contributed by atoms with van der Waals surface area (Å²) in [4.78, 5) is 9.15. The molecule has 0 fully saturated rings. The van der Waals surface area contributed by atoms with Gasteiger partial charge in [-0.3, -0.25) is 0 Å². The van der Waals surface area contributed by atoms with Gasteiger partial charge in [0, 0.05) is 29.6 Å². The van der Waals surface area contributed by atoms with E-state index in [0.29, 0.717) is 22.3 Å². The molecule has 0 saturated heterocycles. The number of fused-ring (bicyclic) bond motifs is 1. The van der Waals surface area contributed by atoms with Crippen molar-refractivity contribution in [3.05, 3.63) is 32.7 Å². The molecule has 6 heteroatoms. The third-order valence-electron chi connectivity index (χ3n) is 3.50. The lowest BCUT2D eigenvalue weighted by Gasteiger charge is -2.25. The minimum absolute atomic E-state index is 0.382. The van der Waals surface area contributed by atoms with Crippen LogP contribution in [0, 0.1) is 0 Å². The number of nitrogens with zero attached hydrogens (tertiary/aromatic N) is 2. The lowest BCUT2D eigenvalue weighted by Crippen LogP contribution is -2.25. The van der Waals surface area contributed by atoms with Crippen molar-refractivity contribution in [1.82, 2.24) is 15.3 Å². The zero-order valence-corrected chi connectivity index (χ0v) is 14.3. The van der Waals surface area contributed by atoms with Crippen LogP contribution in [0.5, 0.6) is 0 Å². The van der Waals surface area contributed by atoms with Crippen molar-refractivity contribution in [3.8, 4) is 11.6 Å². The summed E-state index contributed by atoms with van der Waals surface area (Å²) in [7, 11) is 0. The molecule has 0 bridgehead atoms. The molecule has 3 rings (SSSR count). The van der Waals surface area contributed by atoms with E-state index in [4.69, 9.17) is 4.42 Å². The molecule has 0 saturated carbocycles. The molecule has 4 nitrogen and oxygen atoms in total. The maximum atomic E-state index is 5.59. The van der Waals surface area contributed by atoms with E-state index in [-0.39, 0.29) is 0 Å². The first-order chi connectivity index (χ1) is 9.69. The SMILES string of the molecule is CCNC1CCCc2nc(-c3cc(Br)c(Br)o3)ncc21. The molecule has 0 amide bonds. The van der Waals surface area contributed by atoms with E-state index in [1.807, 2.05) is 12.3 Å². The number of halogens is 2. The quantitative estimate of drug-likeness (QED) is 0.836. The van der Waals surface area contributed by atoms with Crippen molar-refractivity contribution in [1.29, 1.82) is 0 Å². The Morgan fingerprint density at radius 1 is 1.45 bits per heavy atom. The Labute approximate surface area is 134 Å². The maximum absolute atomic E-state index is 5.59. The van der Waals surface area contributed by atoms with Crippen molar-refractivity contribution in [2.75, 3.05) is 6.54 Å². The Kier molecular flexibility index (Phi) is 4.23. The number of furan rings is 1. The fraction of sp³-hybridized carbons (Fsp3) is 0.429. The zero-order chi connectivity index (χ0) is 14.1. The van der Waals surface area contributed by atoms with Gasteiger partial charge in [0.25, 0.3) is 0 Å². The first-order valence-corrected chi connectivity index (χ1v) is 8.32. The third kappa shape index (κ3) is 2.69. The van der Waals surface area contributed by atoms with Crippen LogP contribution < -0.4 is 5.32 Å². The van der Waals surface area contributed by atoms with Crippen LogP contribution in [0.1, 0.15) is 37.1 Å². The topological polar surface area (TPSA) is 51.0 Å². The summed E-state index contributed by atoms with van der Waals surface area (Å²) in [5.74, 6) is 1.32. The second-order valence-electron chi connectivity index (χ2n) is 4.83. The Bertz CT molecular complexity index is 607. The Morgan fingerprint density at radius 2 is 2.30 bits per heavy atom. The molecule has 2 aromatic rings. The van der Waals surface area contributed by atoms with Gasteiger partial charge in [-0.25, -0.2) is 9.97 Å². The maximum Gasteiger partial charge on any atom is 0.195 e.